The third-order valence-corrected chi connectivity index (χ3v) is 4.42. The number of halogens is 2. The van der Waals surface area contributed by atoms with E-state index in [2.05, 4.69) is 38.0 Å². The smallest absolute Gasteiger partial charge is 0.282 e. The molecule has 2 aromatic carbocycles. The fourth-order valence-electron chi connectivity index (χ4n) is 2.51. The van der Waals surface area contributed by atoms with Crippen molar-refractivity contribution in [2.45, 2.75) is 12.6 Å². The third kappa shape index (κ3) is 4.39. The van der Waals surface area contributed by atoms with Crippen molar-refractivity contribution >= 4 is 39.2 Å². The average molecular weight is 395 g/mol. The predicted molar refractivity (Wildman–Crippen MR) is 98.0 cm³/mol. The molecule has 3 rings (SSSR count). The summed E-state index contributed by atoms with van der Waals surface area (Å²) in [5, 5.41) is 0.741. The standard InChI is InChI=1S/C17H17BrClN3O/c18-13-3-7-16(8-4-13)22(10-15-11-23-17(20)21-15)9-12-1-5-14(19)6-2-12/h1-8,15H,9-11H2,(H2,20,21). The number of hydrogen-bond acceptors (Lipinski definition) is 4. The van der Waals surface area contributed by atoms with Gasteiger partial charge in [0.1, 0.15) is 12.6 Å². The zero-order chi connectivity index (χ0) is 16.2. The number of hydrogen-bond donors (Lipinski definition) is 1. The average Bonchev–Trinajstić information content (AvgIpc) is 2.95. The Hall–Kier alpha value is -1.72. The minimum atomic E-state index is 0.0472. The van der Waals surface area contributed by atoms with Gasteiger partial charge in [-0.15, -0.1) is 0 Å². The number of benzene rings is 2. The first-order chi connectivity index (χ1) is 11.1. The number of rotatable bonds is 5. The Labute approximate surface area is 149 Å². The lowest BCUT2D eigenvalue weighted by atomic mass is 10.1. The molecular formula is C17H17BrClN3O. The number of amidine groups is 1. The van der Waals surface area contributed by atoms with Gasteiger partial charge in [-0.3, -0.25) is 0 Å². The molecule has 6 heteroatoms. The largest absolute Gasteiger partial charge is 0.463 e. The van der Waals surface area contributed by atoms with Crippen LogP contribution in [0.25, 0.3) is 0 Å². The van der Waals surface area contributed by atoms with E-state index in [1.807, 2.05) is 36.4 Å². The van der Waals surface area contributed by atoms with Gasteiger partial charge in [0.2, 0.25) is 0 Å². The molecule has 23 heavy (non-hydrogen) atoms. The third-order valence-electron chi connectivity index (χ3n) is 3.64. The Bertz CT molecular complexity index is 688. The lowest BCUT2D eigenvalue weighted by Crippen LogP contribution is -2.32. The SMILES string of the molecule is NC1=NC(CN(Cc2ccc(Cl)cc2)c2ccc(Br)cc2)CO1. The first-order valence-electron chi connectivity index (χ1n) is 7.31. The van der Waals surface area contributed by atoms with Gasteiger partial charge < -0.3 is 15.4 Å². The molecule has 0 saturated carbocycles. The predicted octanol–water partition coefficient (Wildman–Crippen LogP) is 3.82. The van der Waals surface area contributed by atoms with E-state index in [0.29, 0.717) is 6.61 Å². The van der Waals surface area contributed by atoms with Crippen LogP contribution in [0.2, 0.25) is 5.02 Å². The summed E-state index contributed by atoms with van der Waals surface area (Å²) in [5.41, 5.74) is 7.93. The summed E-state index contributed by atoms with van der Waals surface area (Å²) in [4.78, 5) is 6.60. The molecule has 1 unspecified atom stereocenters. The Balaban J connectivity index is 1.80. The van der Waals surface area contributed by atoms with Gasteiger partial charge in [-0.25, -0.2) is 4.99 Å². The Morgan fingerprint density at radius 1 is 1.17 bits per heavy atom. The Morgan fingerprint density at radius 3 is 2.48 bits per heavy atom. The van der Waals surface area contributed by atoms with E-state index in [0.717, 1.165) is 28.3 Å². The molecule has 1 aliphatic heterocycles. The van der Waals surface area contributed by atoms with Gasteiger partial charge in [-0.2, -0.15) is 0 Å². The summed E-state index contributed by atoms with van der Waals surface area (Å²) in [6.07, 6.45) is 0. The van der Waals surface area contributed by atoms with Crippen LogP contribution in [-0.2, 0) is 11.3 Å². The first kappa shape index (κ1) is 16.1. The van der Waals surface area contributed by atoms with Crippen LogP contribution in [0.5, 0.6) is 0 Å². The number of nitrogens with zero attached hydrogens (tertiary/aromatic N) is 2. The second-order valence-electron chi connectivity index (χ2n) is 5.42. The Morgan fingerprint density at radius 2 is 1.87 bits per heavy atom. The second-order valence-corrected chi connectivity index (χ2v) is 6.77. The normalized spacial score (nSPS) is 16.8. The van der Waals surface area contributed by atoms with Crippen molar-refractivity contribution < 1.29 is 4.74 Å². The lowest BCUT2D eigenvalue weighted by Gasteiger charge is -2.26. The van der Waals surface area contributed by atoms with Crippen LogP contribution >= 0.6 is 27.5 Å². The van der Waals surface area contributed by atoms with E-state index in [1.165, 1.54) is 5.56 Å². The van der Waals surface area contributed by atoms with Gasteiger partial charge in [0.05, 0.1) is 0 Å². The highest BCUT2D eigenvalue weighted by atomic mass is 79.9. The highest BCUT2D eigenvalue weighted by Gasteiger charge is 2.20. The molecule has 0 aromatic heterocycles. The minimum absolute atomic E-state index is 0.0472. The van der Waals surface area contributed by atoms with Gasteiger partial charge in [0.25, 0.3) is 6.02 Å². The van der Waals surface area contributed by atoms with E-state index in [4.69, 9.17) is 22.1 Å². The van der Waals surface area contributed by atoms with Crippen LogP contribution in [0.1, 0.15) is 5.56 Å². The molecule has 4 nitrogen and oxygen atoms in total. The van der Waals surface area contributed by atoms with Crippen molar-refractivity contribution in [3.63, 3.8) is 0 Å². The van der Waals surface area contributed by atoms with Gasteiger partial charge in [-0.1, -0.05) is 39.7 Å². The van der Waals surface area contributed by atoms with E-state index >= 15 is 0 Å². The summed E-state index contributed by atoms with van der Waals surface area (Å²) in [7, 11) is 0. The summed E-state index contributed by atoms with van der Waals surface area (Å²) < 4.78 is 6.32. The molecule has 120 valence electrons. The van der Waals surface area contributed by atoms with Crippen molar-refractivity contribution in [1.82, 2.24) is 0 Å². The summed E-state index contributed by atoms with van der Waals surface area (Å²) >= 11 is 9.44. The quantitative estimate of drug-likeness (QED) is 0.838. The second kappa shape index (κ2) is 7.23. The molecule has 0 bridgehead atoms. The molecule has 0 fully saturated rings. The maximum absolute atomic E-state index is 5.97. The van der Waals surface area contributed by atoms with Gasteiger partial charge in [-0.05, 0) is 42.0 Å². The van der Waals surface area contributed by atoms with E-state index < -0.39 is 0 Å². The van der Waals surface area contributed by atoms with Crippen molar-refractivity contribution in [1.29, 1.82) is 0 Å². The zero-order valence-corrected chi connectivity index (χ0v) is 14.8. The van der Waals surface area contributed by atoms with Gasteiger partial charge in [0, 0.05) is 28.3 Å². The van der Waals surface area contributed by atoms with E-state index in [-0.39, 0.29) is 12.1 Å². The van der Waals surface area contributed by atoms with E-state index in [9.17, 15) is 0 Å². The molecule has 0 spiro atoms. The minimum Gasteiger partial charge on any atom is -0.463 e. The van der Waals surface area contributed by atoms with Crippen molar-refractivity contribution in [3.8, 4) is 0 Å². The van der Waals surface area contributed by atoms with Gasteiger partial charge in [0.15, 0.2) is 0 Å². The molecule has 1 atom stereocenters. The molecule has 2 N–H and O–H groups in total. The molecule has 0 amide bonds. The number of anilines is 1. The lowest BCUT2D eigenvalue weighted by molar-refractivity contribution is 0.313. The number of aliphatic imine (C=N–C) groups is 1. The maximum atomic E-state index is 5.97. The van der Waals surface area contributed by atoms with Crippen LogP contribution in [0.3, 0.4) is 0 Å². The monoisotopic (exact) mass is 393 g/mol. The summed E-state index contributed by atoms with van der Waals surface area (Å²) in [5.74, 6) is 0. The molecule has 1 aliphatic rings. The van der Waals surface area contributed by atoms with Crippen LogP contribution < -0.4 is 10.6 Å². The van der Waals surface area contributed by atoms with Crippen molar-refractivity contribution in [2.24, 2.45) is 10.7 Å². The maximum Gasteiger partial charge on any atom is 0.282 e. The molecule has 0 saturated heterocycles. The van der Waals surface area contributed by atoms with Crippen LogP contribution in [0, 0.1) is 0 Å². The molecular weight excluding hydrogens is 378 g/mol. The molecule has 0 radical (unpaired) electrons. The first-order valence-corrected chi connectivity index (χ1v) is 8.48. The van der Waals surface area contributed by atoms with Gasteiger partial charge >= 0.3 is 0 Å². The van der Waals surface area contributed by atoms with Crippen molar-refractivity contribution in [3.05, 3.63) is 63.6 Å². The fraction of sp³-hybridized carbons (Fsp3) is 0.235. The van der Waals surface area contributed by atoms with E-state index in [1.54, 1.807) is 0 Å². The van der Waals surface area contributed by atoms with Crippen LogP contribution in [0.15, 0.2) is 58.0 Å². The van der Waals surface area contributed by atoms with Crippen molar-refractivity contribution in [2.75, 3.05) is 18.1 Å². The molecule has 2 aromatic rings. The summed E-state index contributed by atoms with van der Waals surface area (Å²) in [6.45, 7) is 2.04. The Kier molecular flexibility index (Phi) is 5.08. The highest BCUT2D eigenvalue weighted by molar-refractivity contribution is 9.10. The summed E-state index contributed by atoms with van der Waals surface area (Å²) in [6, 6.07) is 16.5. The fourth-order valence-corrected chi connectivity index (χ4v) is 2.90. The highest BCUT2D eigenvalue weighted by Crippen LogP contribution is 2.22. The number of ether oxygens (including phenoxy) is 1. The van der Waals surface area contributed by atoms with Crippen LogP contribution in [-0.4, -0.2) is 25.2 Å². The van der Waals surface area contributed by atoms with Crippen LogP contribution in [0.4, 0.5) is 5.69 Å². The topological polar surface area (TPSA) is 50.8 Å². The molecule has 1 heterocycles. The zero-order valence-electron chi connectivity index (χ0n) is 12.5. The number of nitrogens with two attached hydrogens (primary N) is 1. The molecule has 0 aliphatic carbocycles.